The number of esters is 1. The number of benzene rings is 2. The Bertz CT molecular complexity index is 1010. The summed E-state index contributed by atoms with van der Waals surface area (Å²) >= 11 is 0. The summed E-state index contributed by atoms with van der Waals surface area (Å²) in [6.45, 7) is -0.0738. The third kappa shape index (κ3) is 3.10. The van der Waals surface area contributed by atoms with Crippen molar-refractivity contribution in [1.29, 1.82) is 0 Å². The zero-order valence-corrected chi connectivity index (χ0v) is 13.6. The summed E-state index contributed by atoms with van der Waals surface area (Å²) in [5.41, 5.74) is 2.34. The van der Waals surface area contributed by atoms with E-state index in [1.54, 1.807) is 6.07 Å². The molecule has 2 aromatic carbocycles. The lowest BCUT2D eigenvalue weighted by molar-refractivity contribution is 0.0424. The normalized spacial score (nSPS) is 10.6. The first-order valence-corrected chi connectivity index (χ1v) is 7.95. The van der Waals surface area contributed by atoms with Crippen LogP contribution >= 0.6 is 0 Å². The van der Waals surface area contributed by atoms with Crippen LogP contribution in [0.2, 0.25) is 0 Å². The van der Waals surface area contributed by atoms with E-state index in [0.717, 1.165) is 11.3 Å². The summed E-state index contributed by atoms with van der Waals surface area (Å²) in [6.07, 6.45) is 1.47. The average molecular weight is 346 g/mol. The van der Waals surface area contributed by atoms with Gasteiger partial charge in [0.1, 0.15) is 0 Å². The monoisotopic (exact) mass is 346 g/mol. The van der Waals surface area contributed by atoms with Crippen molar-refractivity contribution in [3.63, 3.8) is 0 Å². The molecule has 0 atom stereocenters. The smallest absolute Gasteiger partial charge is 0.375 e. The standard InChI is InChI=1S/C19H14N4O3/c24-19(18-16(11-12-25-18)14-7-3-1-4-8-14)26-13-17-20-21-22-23(17)15-9-5-2-6-10-15/h1-12H,13H2. The van der Waals surface area contributed by atoms with Gasteiger partial charge in [-0.05, 0) is 34.2 Å². The summed E-state index contributed by atoms with van der Waals surface area (Å²) < 4.78 is 12.2. The highest BCUT2D eigenvalue weighted by Gasteiger charge is 2.19. The number of tetrazole rings is 1. The highest BCUT2D eigenvalue weighted by molar-refractivity contribution is 5.94. The minimum absolute atomic E-state index is 0.0738. The molecule has 0 amide bonds. The van der Waals surface area contributed by atoms with Crippen molar-refractivity contribution in [3.05, 3.63) is 84.6 Å². The van der Waals surface area contributed by atoms with Gasteiger partial charge >= 0.3 is 5.97 Å². The molecule has 7 nitrogen and oxygen atoms in total. The Labute approximate surface area is 148 Å². The minimum Gasteiger partial charge on any atom is -0.457 e. The fraction of sp³-hybridized carbons (Fsp3) is 0.0526. The molecule has 0 aliphatic heterocycles. The second-order valence-corrected chi connectivity index (χ2v) is 5.45. The molecule has 2 aromatic heterocycles. The van der Waals surface area contributed by atoms with Gasteiger partial charge in [0.25, 0.3) is 0 Å². The van der Waals surface area contributed by atoms with Gasteiger partial charge in [0.2, 0.25) is 5.76 Å². The number of carbonyl (C=O) groups is 1. The van der Waals surface area contributed by atoms with Crippen LogP contribution in [0, 0.1) is 0 Å². The van der Waals surface area contributed by atoms with Gasteiger partial charge in [-0.3, -0.25) is 0 Å². The van der Waals surface area contributed by atoms with Gasteiger partial charge in [-0.2, -0.15) is 4.68 Å². The molecular weight excluding hydrogens is 332 g/mol. The number of para-hydroxylation sites is 1. The van der Waals surface area contributed by atoms with Crippen LogP contribution in [0.3, 0.4) is 0 Å². The second-order valence-electron chi connectivity index (χ2n) is 5.45. The largest absolute Gasteiger partial charge is 0.457 e. The fourth-order valence-corrected chi connectivity index (χ4v) is 2.57. The van der Waals surface area contributed by atoms with Crippen molar-refractivity contribution in [1.82, 2.24) is 20.2 Å². The lowest BCUT2D eigenvalue weighted by Gasteiger charge is -2.06. The van der Waals surface area contributed by atoms with Crippen molar-refractivity contribution >= 4 is 5.97 Å². The summed E-state index contributed by atoms with van der Waals surface area (Å²) in [7, 11) is 0. The number of furan rings is 1. The Kier molecular flexibility index (Phi) is 4.26. The molecule has 128 valence electrons. The minimum atomic E-state index is -0.573. The molecule has 0 spiro atoms. The van der Waals surface area contributed by atoms with Crippen molar-refractivity contribution in [2.45, 2.75) is 6.61 Å². The van der Waals surface area contributed by atoms with E-state index in [4.69, 9.17) is 9.15 Å². The molecule has 0 aliphatic rings. The van der Waals surface area contributed by atoms with Crippen molar-refractivity contribution < 1.29 is 13.9 Å². The van der Waals surface area contributed by atoms with E-state index in [0.29, 0.717) is 11.4 Å². The lowest BCUT2D eigenvalue weighted by Crippen LogP contribution is -2.10. The molecule has 0 radical (unpaired) electrons. The quantitative estimate of drug-likeness (QED) is 0.516. The molecule has 0 aliphatic carbocycles. The predicted octanol–water partition coefficient (Wildman–Crippen LogP) is 3.28. The number of aromatic nitrogens is 4. The maximum atomic E-state index is 12.4. The first-order valence-electron chi connectivity index (χ1n) is 7.95. The number of carbonyl (C=O) groups excluding carboxylic acids is 1. The molecule has 4 aromatic rings. The van der Waals surface area contributed by atoms with Gasteiger partial charge in [0.05, 0.1) is 12.0 Å². The van der Waals surface area contributed by atoms with Gasteiger partial charge in [0, 0.05) is 5.56 Å². The molecule has 0 N–H and O–H groups in total. The topological polar surface area (TPSA) is 83.0 Å². The number of hydrogen-bond donors (Lipinski definition) is 0. The van der Waals surface area contributed by atoms with Crippen LogP contribution in [0.4, 0.5) is 0 Å². The summed E-state index contributed by atoms with van der Waals surface area (Å²) in [4.78, 5) is 12.4. The highest BCUT2D eigenvalue weighted by Crippen LogP contribution is 2.25. The van der Waals surface area contributed by atoms with Gasteiger partial charge in [-0.1, -0.05) is 48.5 Å². The fourth-order valence-electron chi connectivity index (χ4n) is 2.57. The predicted molar refractivity (Wildman–Crippen MR) is 92.4 cm³/mol. The Morgan fingerprint density at radius 1 is 1.00 bits per heavy atom. The van der Waals surface area contributed by atoms with E-state index >= 15 is 0 Å². The van der Waals surface area contributed by atoms with Gasteiger partial charge in [-0.25, -0.2) is 4.79 Å². The first kappa shape index (κ1) is 15.8. The zero-order valence-electron chi connectivity index (χ0n) is 13.6. The summed E-state index contributed by atoms with van der Waals surface area (Å²) in [5, 5.41) is 11.5. The van der Waals surface area contributed by atoms with Crippen LogP contribution in [-0.4, -0.2) is 26.2 Å². The van der Waals surface area contributed by atoms with Crippen LogP contribution < -0.4 is 0 Å². The Hall–Kier alpha value is -3.74. The number of rotatable bonds is 5. The molecule has 4 rings (SSSR count). The summed E-state index contributed by atoms with van der Waals surface area (Å²) in [5.74, 6) is -0.0104. The van der Waals surface area contributed by atoms with Gasteiger partial charge < -0.3 is 9.15 Å². The van der Waals surface area contributed by atoms with E-state index in [-0.39, 0.29) is 12.4 Å². The van der Waals surface area contributed by atoms with E-state index in [2.05, 4.69) is 15.5 Å². The Morgan fingerprint density at radius 3 is 2.50 bits per heavy atom. The zero-order chi connectivity index (χ0) is 17.8. The maximum Gasteiger partial charge on any atom is 0.375 e. The van der Waals surface area contributed by atoms with Crippen molar-refractivity contribution in [2.75, 3.05) is 0 Å². The molecule has 7 heteroatoms. The lowest BCUT2D eigenvalue weighted by atomic mass is 10.1. The maximum absolute atomic E-state index is 12.4. The Balaban J connectivity index is 1.52. The van der Waals surface area contributed by atoms with Gasteiger partial charge in [-0.15, -0.1) is 5.10 Å². The SMILES string of the molecule is O=C(OCc1nnnn1-c1ccccc1)c1occc1-c1ccccc1. The van der Waals surface area contributed by atoms with Crippen LogP contribution in [0.1, 0.15) is 16.4 Å². The highest BCUT2D eigenvalue weighted by atomic mass is 16.5. The molecule has 0 fully saturated rings. The number of nitrogens with zero attached hydrogens (tertiary/aromatic N) is 4. The molecule has 0 unspecified atom stereocenters. The van der Waals surface area contributed by atoms with E-state index < -0.39 is 5.97 Å². The van der Waals surface area contributed by atoms with Crippen LogP contribution in [0.25, 0.3) is 16.8 Å². The molecule has 0 saturated heterocycles. The molecule has 0 bridgehead atoms. The number of ether oxygens (including phenoxy) is 1. The second kappa shape index (κ2) is 7.02. The number of hydrogen-bond acceptors (Lipinski definition) is 6. The Morgan fingerprint density at radius 2 is 1.73 bits per heavy atom. The van der Waals surface area contributed by atoms with Crippen molar-refractivity contribution in [2.24, 2.45) is 0 Å². The molecule has 2 heterocycles. The average Bonchev–Trinajstić information content (AvgIpc) is 3.37. The molecular formula is C19H14N4O3. The van der Waals surface area contributed by atoms with E-state index in [1.807, 2.05) is 60.7 Å². The van der Waals surface area contributed by atoms with E-state index in [9.17, 15) is 4.79 Å². The van der Waals surface area contributed by atoms with Crippen LogP contribution in [0.5, 0.6) is 0 Å². The third-order valence-corrected chi connectivity index (χ3v) is 3.80. The van der Waals surface area contributed by atoms with Crippen molar-refractivity contribution in [3.8, 4) is 16.8 Å². The first-order chi connectivity index (χ1) is 12.8. The van der Waals surface area contributed by atoms with Gasteiger partial charge in [0.15, 0.2) is 12.4 Å². The molecule has 0 saturated carbocycles. The van der Waals surface area contributed by atoms with E-state index in [1.165, 1.54) is 10.9 Å². The van der Waals surface area contributed by atoms with Crippen LogP contribution in [-0.2, 0) is 11.3 Å². The van der Waals surface area contributed by atoms with Crippen LogP contribution in [0.15, 0.2) is 77.4 Å². The molecule has 26 heavy (non-hydrogen) atoms. The summed E-state index contributed by atoms with van der Waals surface area (Å²) in [6, 6.07) is 20.6. The third-order valence-electron chi connectivity index (χ3n) is 3.80.